The highest BCUT2D eigenvalue weighted by atomic mass is 19.3. The summed E-state index contributed by atoms with van der Waals surface area (Å²) in [5.41, 5.74) is 0.983. The molecule has 9 heteroatoms. The number of carbonyl (C=O) groups excluding carboxylic acids is 3. The topological polar surface area (TPSA) is 79.0 Å². The van der Waals surface area contributed by atoms with Crippen molar-refractivity contribution in [3.63, 3.8) is 0 Å². The van der Waals surface area contributed by atoms with Crippen molar-refractivity contribution in [2.75, 3.05) is 26.2 Å². The average Bonchev–Trinajstić information content (AvgIpc) is 3.43. The molecular formula is C27H31F2N3O4. The van der Waals surface area contributed by atoms with Crippen molar-refractivity contribution in [1.29, 1.82) is 0 Å². The number of alkyl halides is 2. The van der Waals surface area contributed by atoms with Crippen LogP contribution in [0.4, 0.5) is 8.78 Å². The van der Waals surface area contributed by atoms with Gasteiger partial charge >= 0.3 is 6.61 Å². The van der Waals surface area contributed by atoms with Gasteiger partial charge in [0.05, 0.1) is 11.5 Å². The minimum Gasteiger partial charge on any atom is -0.434 e. The Labute approximate surface area is 209 Å². The largest absolute Gasteiger partial charge is 0.434 e. The monoisotopic (exact) mass is 499 g/mol. The zero-order chi connectivity index (χ0) is 25.5. The van der Waals surface area contributed by atoms with Gasteiger partial charge < -0.3 is 19.9 Å². The second-order valence-electron chi connectivity index (χ2n) is 9.25. The van der Waals surface area contributed by atoms with Crippen molar-refractivity contribution in [2.45, 2.75) is 44.8 Å². The van der Waals surface area contributed by atoms with Crippen molar-refractivity contribution in [1.82, 2.24) is 15.1 Å². The summed E-state index contributed by atoms with van der Waals surface area (Å²) < 4.78 is 30.1. The number of hydrogen-bond donors (Lipinski definition) is 1. The van der Waals surface area contributed by atoms with Gasteiger partial charge in [0.25, 0.3) is 5.91 Å². The van der Waals surface area contributed by atoms with Crippen molar-refractivity contribution in [2.24, 2.45) is 5.92 Å². The van der Waals surface area contributed by atoms with Gasteiger partial charge in [-0.2, -0.15) is 8.78 Å². The van der Waals surface area contributed by atoms with Crippen LogP contribution in [0.25, 0.3) is 0 Å². The summed E-state index contributed by atoms with van der Waals surface area (Å²) in [6.07, 6.45) is 3.45. The summed E-state index contributed by atoms with van der Waals surface area (Å²) in [5, 5.41) is 2.96. The van der Waals surface area contributed by atoms with Crippen LogP contribution in [0.5, 0.6) is 5.75 Å². The van der Waals surface area contributed by atoms with E-state index in [0.29, 0.717) is 38.9 Å². The number of amides is 3. The van der Waals surface area contributed by atoms with Crippen LogP contribution in [-0.4, -0.2) is 66.4 Å². The smallest absolute Gasteiger partial charge is 0.387 e. The third kappa shape index (κ3) is 6.38. The zero-order valence-corrected chi connectivity index (χ0v) is 20.1. The van der Waals surface area contributed by atoms with E-state index in [1.165, 1.54) is 23.1 Å². The standard InChI is InChI=1S/C27H31F2N3O4/c28-27(29)36-23-13-5-4-12-21(23)25(34)32-16-8-11-20(18-32)24(33)30-22(17-19-9-2-1-3-10-19)26(35)31-14-6-7-15-31/h1-5,9-10,12-13,20,22,27H,6-8,11,14-18H2,(H,30,33). The second kappa shape index (κ2) is 12.0. The molecule has 4 rings (SSSR count). The Balaban J connectivity index is 1.45. The Morgan fingerprint density at radius 3 is 2.31 bits per heavy atom. The molecule has 0 aromatic heterocycles. The van der Waals surface area contributed by atoms with Crippen LogP contribution in [0, 0.1) is 5.92 Å². The molecule has 0 bridgehead atoms. The number of likely N-dealkylation sites (tertiary alicyclic amines) is 2. The number of hydrogen-bond acceptors (Lipinski definition) is 4. The first-order chi connectivity index (χ1) is 17.4. The van der Waals surface area contributed by atoms with Gasteiger partial charge in [0.1, 0.15) is 11.8 Å². The Hall–Kier alpha value is -3.49. The number of ether oxygens (including phenoxy) is 1. The molecule has 2 unspecified atom stereocenters. The van der Waals surface area contributed by atoms with Gasteiger partial charge in [0.2, 0.25) is 11.8 Å². The van der Waals surface area contributed by atoms with E-state index in [1.54, 1.807) is 11.0 Å². The summed E-state index contributed by atoms with van der Waals surface area (Å²) in [4.78, 5) is 42.9. The predicted molar refractivity (Wildman–Crippen MR) is 130 cm³/mol. The highest BCUT2D eigenvalue weighted by molar-refractivity contribution is 5.97. The van der Waals surface area contributed by atoms with E-state index < -0.39 is 24.5 Å². The molecule has 0 saturated carbocycles. The van der Waals surface area contributed by atoms with Gasteiger partial charge in [-0.3, -0.25) is 14.4 Å². The van der Waals surface area contributed by atoms with Gasteiger partial charge in [-0.15, -0.1) is 0 Å². The molecule has 2 saturated heterocycles. The molecule has 2 atom stereocenters. The van der Waals surface area contributed by atoms with Crippen LogP contribution in [-0.2, 0) is 16.0 Å². The van der Waals surface area contributed by atoms with Gasteiger partial charge in [-0.25, -0.2) is 0 Å². The molecule has 36 heavy (non-hydrogen) atoms. The number of carbonyl (C=O) groups is 3. The molecule has 0 radical (unpaired) electrons. The predicted octanol–water partition coefficient (Wildman–Crippen LogP) is 3.49. The van der Waals surface area contributed by atoms with E-state index in [1.807, 2.05) is 30.3 Å². The van der Waals surface area contributed by atoms with Crippen LogP contribution < -0.4 is 10.1 Å². The Morgan fingerprint density at radius 2 is 1.58 bits per heavy atom. The van der Waals surface area contributed by atoms with Crippen molar-refractivity contribution < 1.29 is 27.9 Å². The Bertz CT molecular complexity index is 1060. The molecule has 2 aliphatic rings. The minimum absolute atomic E-state index is 0.0324. The van der Waals surface area contributed by atoms with Crippen molar-refractivity contribution in [3.05, 3.63) is 65.7 Å². The molecule has 0 spiro atoms. The van der Waals surface area contributed by atoms with Crippen LogP contribution in [0.3, 0.4) is 0 Å². The molecule has 2 fully saturated rings. The van der Waals surface area contributed by atoms with Gasteiger partial charge in [-0.1, -0.05) is 42.5 Å². The molecule has 2 aliphatic heterocycles. The van der Waals surface area contributed by atoms with Crippen LogP contribution in [0.1, 0.15) is 41.6 Å². The normalized spacial score (nSPS) is 18.7. The van der Waals surface area contributed by atoms with E-state index >= 15 is 0 Å². The van der Waals surface area contributed by atoms with Crippen LogP contribution in [0.2, 0.25) is 0 Å². The summed E-state index contributed by atoms with van der Waals surface area (Å²) in [6, 6.07) is 14.7. The van der Waals surface area contributed by atoms with E-state index in [4.69, 9.17) is 0 Å². The first-order valence-electron chi connectivity index (χ1n) is 12.4. The molecule has 2 heterocycles. The lowest BCUT2D eigenvalue weighted by Gasteiger charge is -2.33. The summed E-state index contributed by atoms with van der Waals surface area (Å²) in [6.45, 7) is -1.12. The fraction of sp³-hybridized carbons (Fsp3) is 0.444. The summed E-state index contributed by atoms with van der Waals surface area (Å²) >= 11 is 0. The third-order valence-corrected chi connectivity index (χ3v) is 6.73. The highest BCUT2D eigenvalue weighted by Gasteiger charge is 2.34. The van der Waals surface area contributed by atoms with Crippen LogP contribution in [0.15, 0.2) is 54.6 Å². The molecule has 2 aromatic carbocycles. The fourth-order valence-corrected chi connectivity index (χ4v) is 4.89. The fourth-order valence-electron chi connectivity index (χ4n) is 4.89. The lowest BCUT2D eigenvalue weighted by molar-refractivity contribution is -0.137. The zero-order valence-electron chi connectivity index (χ0n) is 20.1. The molecular weight excluding hydrogens is 468 g/mol. The first kappa shape index (κ1) is 25.6. The maximum Gasteiger partial charge on any atom is 0.387 e. The summed E-state index contributed by atoms with van der Waals surface area (Å²) in [5.74, 6) is -1.53. The van der Waals surface area contributed by atoms with E-state index in [-0.39, 0.29) is 29.7 Å². The number of rotatable bonds is 8. The first-order valence-corrected chi connectivity index (χ1v) is 12.4. The van der Waals surface area contributed by atoms with Gasteiger partial charge in [0, 0.05) is 32.6 Å². The maximum atomic E-state index is 13.3. The lowest BCUT2D eigenvalue weighted by atomic mass is 9.95. The van der Waals surface area contributed by atoms with Crippen molar-refractivity contribution in [3.8, 4) is 5.75 Å². The SMILES string of the molecule is O=C(NC(Cc1ccccc1)C(=O)N1CCCC1)C1CCCN(C(=O)c2ccccc2OC(F)F)C1. The summed E-state index contributed by atoms with van der Waals surface area (Å²) in [7, 11) is 0. The molecule has 7 nitrogen and oxygen atoms in total. The van der Waals surface area contributed by atoms with Gasteiger partial charge in [0.15, 0.2) is 0 Å². The quantitative estimate of drug-likeness (QED) is 0.603. The number of para-hydroxylation sites is 1. The molecule has 2 aromatic rings. The highest BCUT2D eigenvalue weighted by Crippen LogP contribution is 2.25. The number of piperidine rings is 1. The van der Waals surface area contributed by atoms with E-state index in [2.05, 4.69) is 10.1 Å². The molecule has 1 N–H and O–H groups in total. The second-order valence-corrected chi connectivity index (χ2v) is 9.25. The number of nitrogens with one attached hydrogen (secondary N) is 1. The third-order valence-electron chi connectivity index (χ3n) is 6.73. The Kier molecular flexibility index (Phi) is 8.51. The number of nitrogens with zero attached hydrogens (tertiary/aromatic N) is 2. The molecule has 0 aliphatic carbocycles. The van der Waals surface area contributed by atoms with E-state index in [9.17, 15) is 23.2 Å². The van der Waals surface area contributed by atoms with Gasteiger partial charge in [-0.05, 0) is 43.4 Å². The number of halogens is 2. The molecule has 3 amide bonds. The van der Waals surface area contributed by atoms with Crippen molar-refractivity contribution >= 4 is 17.7 Å². The van der Waals surface area contributed by atoms with Crippen LogP contribution >= 0.6 is 0 Å². The van der Waals surface area contributed by atoms with E-state index in [0.717, 1.165) is 18.4 Å². The lowest BCUT2D eigenvalue weighted by Crippen LogP contribution is -2.53. The minimum atomic E-state index is -3.05. The molecule has 192 valence electrons. The number of benzene rings is 2. The Morgan fingerprint density at radius 1 is 0.917 bits per heavy atom. The maximum absolute atomic E-state index is 13.3. The average molecular weight is 500 g/mol.